The van der Waals surface area contributed by atoms with Crippen LogP contribution in [0.1, 0.15) is 19.2 Å². The summed E-state index contributed by atoms with van der Waals surface area (Å²) in [7, 11) is 0. The van der Waals surface area contributed by atoms with Gasteiger partial charge in [0.05, 0.1) is 0 Å². The second kappa shape index (κ2) is 6.20. The van der Waals surface area contributed by atoms with Crippen LogP contribution in [0.15, 0.2) is 44.7 Å². The van der Waals surface area contributed by atoms with Gasteiger partial charge in [-0.1, -0.05) is 30.8 Å². The van der Waals surface area contributed by atoms with Crippen LogP contribution in [0.3, 0.4) is 0 Å². The molecule has 0 amide bonds. The Morgan fingerprint density at radius 1 is 1.28 bits per heavy atom. The summed E-state index contributed by atoms with van der Waals surface area (Å²) in [5, 5.41) is 0.887. The first-order chi connectivity index (χ1) is 8.69. The maximum absolute atomic E-state index is 5.81. The molecule has 0 spiro atoms. The van der Waals surface area contributed by atoms with E-state index in [0.717, 1.165) is 33.1 Å². The molecule has 0 bridgehead atoms. The fourth-order valence-electron chi connectivity index (χ4n) is 1.52. The first-order valence-electron chi connectivity index (χ1n) is 5.75. The minimum atomic E-state index is 0.531. The number of nitrogens with two attached hydrogens (primary N) is 1. The Morgan fingerprint density at radius 2 is 2.06 bits per heavy atom. The van der Waals surface area contributed by atoms with E-state index in [0.29, 0.717) is 5.82 Å². The molecule has 0 unspecified atom stereocenters. The lowest BCUT2D eigenvalue weighted by Gasteiger charge is -2.06. The minimum Gasteiger partial charge on any atom is -0.384 e. The summed E-state index contributed by atoms with van der Waals surface area (Å²) in [5.41, 5.74) is 5.81. The standard InChI is InChI=1S/C13H14BrN3S/c1-2-5-12-16-11(15)8-13(17-12)18-10-7-4-3-6-9(10)14/h3-4,6-8H,2,5H2,1H3,(H2,15,16,17). The number of hydrogen-bond acceptors (Lipinski definition) is 4. The normalized spacial score (nSPS) is 10.6. The van der Waals surface area contributed by atoms with E-state index in [1.807, 2.05) is 30.3 Å². The summed E-state index contributed by atoms with van der Waals surface area (Å²) in [6, 6.07) is 9.87. The fraction of sp³-hybridized carbons (Fsp3) is 0.231. The third-order valence-corrected chi connectivity index (χ3v) is 4.24. The molecule has 1 heterocycles. The van der Waals surface area contributed by atoms with Crippen LogP contribution in [-0.2, 0) is 6.42 Å². The van der Waals surface area contributed by atoms with E-state index in [2.05, 4.69) is 32.8 Å². The number of benzene rings is 1. The molecule has 0 saturated carbocycles. The highest BCUT2D eigenvalue weighted by Crippen LogP contribution is 2.32. The third-order valence-electron chi connectivity index (χ3n) is 2.29. The first kappa shape index (κ1) is 13.4. The van der Waals surface area contributed by atoms with Gasteiger partial charge in [0.15, 0.2) is 0 Å². The van der Waals surface area contributed by atoms with Crippen molar-refractivity contribution >= 4 is 33.5 Å². The lowest BCUT2D eigenvalue weighted by atomic mass is 10.3. The maximum Gasteiger partial charge on any atom is 0.132 e. The highest BCUT2D eigenvalue weighted by molar-refractivity contribution is 9.10. The Bertz CT molecular complexity index is 546. The molecule has 0 aliphatic carbocycles. The van der Waals surface area contributed by atoms with E-state index >= 15 is 0 Å². The van der Waals surface area contributed by atoms with E-state index in [9.17, 15) is 0 Å². The molecular weight excluding hydrogens is 310 g/mol. The Morgan fingerprint density at radius 3 is 2.78 bits per heavy atom. The van der Waals surface area contributed by atoms with Crippen LogP contribution in [0.25, 0.3) is 0 Å². The van der Waals surface area contributed by atoms with E-state index in [4.69, 9.17) is 5.73 Å². The summed E-state index contributed by atoms with van der Waals surface area (Å²) < 4.78 is 1.06. The predicted octanol–water partition coefficient (Wildman–Crippen LogP) is 3.93. The fourth-order valence-corrected chi connectivity index (χ4v) is 2.92. The van der Waals surface area contributed by atoms with E-state index in [1.165, 1.54) is 0 Å². The Labute approximate surface area is 119 Å². The molecule has 0 atom stereocenters. The lowest BCUT2D eigenvalue weighted by Crippen LogP contribution is -2.00. The molecule has 0 fully saturated rings. The molecule has 18 heavy (non-hydrogen) atoms. The highest BCUT2D eigenvalue weighted by atomic mass is 79.9. The molecule has 0 radical (unpaired) electrons. The number of hydrogen-bond donors (Lipinski definition) is 1. The van der Waals surface area contributed by atoms with Crippen molar-refractivity contribution in [3.8, 4) is 0 Å². The monoisotopic (exact) mass is 323 g/mol. The average Bonchev–Trinajstić information content (AvgIpc) is 2.32. The van der Waals surface area contributed by atoms with E-state index in [1.54, 1.807) is 11.8 Å². The molecule has 0 saturated heterocycles. The summed E-state index contributed by atoms with van der Waals surface area (Å²) in [6.45, 7) is 2.10. The van der Waals surface area contributed by atoms with Gasteiger partial charge in [-0.2, -0.15) is 0 Å². The summed E-state index contributed by atoms with van der Waals surface area (Å²) in [4.78, 5) is 9.86. The van der Waals surface area contributed by atoms with E-state index in [-0.39, 0.29) is 0 Å². The van der Waals surface area contributed by atoms with Crippen molar-refractivity contribution in [1.29, 1.82) is 0 Å². The largest absolute Gasteiger partial charge is 0.384 e. The Hall–Kier alpha value is -1.07. The van der Waals surface area contributed by atoms with Crippen molar-refractivity contribution in [3.05, 3.63) is 40.6 Å². The molecule has 2 N–H and O–H groups in total. The lowest BCUT2D eigenvalue weighted by molar-refractivity contribution is 0.813. The zero-order valence-electron chi connectivity index (χ0n) is 10.1. The highest BCUT2D eigenvalue weighted by Gasteiger charge is 2.06. The third kappa shape index (κ3) is 3.46. The molecular formula is C13H14BrN3S. The van der Waals surface area contributed by atoms with Crippen molar-refractivity contribution in [1.82, 2.24) is 9.97 Å². The van der Waals surface area contributed by atoms with Gasteiger partial charge < -0.3 is 5.73 Å². The number of nitrogen functional groups attached to an aromatic ring is 1. The quantitative estimate of drug-likeness (QED) is 0.866. The number of anilines is 1. The number of rotatable bonds is 4. The predicted molar refractivity (Wildman–Crippen MR) is 78.7 cm³/mol. The molecule has 1 aromatic carbocycles. The molecule has 1 aromatic heterocycles. The van der Waals surface area contributed by atoms with Crippen LogP contribution in [0.2, 0.25) is 0 Å². The summed E-state index contributed by atoms with van der Waals surface area (Å²) >= 11 is 5.12. The average molecular weight is 324 g/mol. The van der Waals surface area contributed by atoms with Gasteiger partial charge in [0.1, 0.15) is 16.7 Å². The van der Waals surface area contributed by atoms with Crippen molar-refractivity contribution in [2.24, 2.45) is 0 Å². The van der Waals surface area contributed by atoms with Gasteiger partial charge in [-0.25, -0.2) is 9.97 Å². The van der Waals surface area contributed by atoms with Crippen LogP contribution >= 0.6 is 27.7 Å². The zero-order chi connectivity index (χ0) is 13.0. The van der Waals surface area contributed by atoms with Gasteiger partial charge in [0.25, 0.3) is 0 Å². The number of aromatic nitrogens is 2. The second-order valence-corrected chi connectivity index (χ2v) is 5.75. The van der Waals surface area contributed by atoms with Crippen molar-refractivity contribution in [2.45, 2.75) is 29.7 Å². The summed E-state index contributed by atoms with van der Waals surface area (Å²) in [6.07, 6.45) is 1.87. The van der Waals surface area contributed by atoms with Crippen molar-refractivity contribution in [2.75, 3.05) is 5.73 Å². The maximum atomic E-state index is 5.81. The Kier molecular flexibility index (Phi) is 4.60. The molecule has 3 nitrogen and oxygen atoms in total. The van der Waals surface area contributed by atoms with Crippen LogP contribution in [0, 0.1) is 0 Å². The molecule has 2 rings (SSSR count). The van der Waals surface area contributed by atoms with Crippen LogP contribution in [0.5, 0.6) is 0 Å². The number of halogens is 1. The first-order valence-corrected chi connectivity index (χ1v) is 7.36. The molecule has 0 aliphatic rings. The Balaban J connectivity index is 2.26. The summed E-state index contributed by atoms with van der Waals surface area (Å²) in [5.74, 6) is 1.34. The van der Waals surface area contributed by atoms with Gasteiger partial charge in [0, 0.05) is 21.9 Å². The number of aryl methyl sites for hydroxylation is 1. The van der Waals surface area contributed by atoms with Gasteiger partial charge in [-0.15, -0.1) is 0 Å². The second-order valence-electron chi connectivity index (χ2n) is 3.83. The number of nitrogens with zero attached hydrogens (tertiary/aromatic N) is 2. The van der Waals surface area contributed by atoms with Gasteiger partial charge in [-0.05, 0) is 34.5 Å². The van der Waals surface area contributed by atoms with Gasteiger partial charge in [-0.3, -0.25) is 0 Å². The molecule has 2 aromatic rings. The smallest absolute Gasteiger partial charge is 0.132 e. The minimum absolute atomic E-state index is 0.531. The zero-order valence-corrected chi connectivity index (χ0v) is 12.5. The molecule has 5 heteroatoms. The van der Waals surface area contributed by atoms with Crippen molar-refractivity contribution in [3.63, 3.8) is 0 Å². The van der Waals surface area contributed by atoms with Gasteiger partial charge >= 0.3 is 0 Å². The topological polar surface area (TPSA) is 51.8 Å². The molecule has 0 aliphatic heterocycles. The van der Waals surface area contributed by atoms with Crippen LogP contribution in [-0.4, -0.2) is 9.97 Å². The SMILES string of the molecule is CCCc1nc(N)cc(Sc2ccccc2Br)n1. The molecule has 94 valence electrons. The van der Waals surface area contributed by atoms with Crippen LogP contribution < -0.4 is 5.73 Å². The van der Waals surface area contributed by atoms with Gasteiger partial charge in [0.2, 0.25) is 0 Å². The van der Waals surface area contributed by atoms with Crippen LogP contribution in [0.4, 0.5) is 5.82 Å². The van der Waals surface area contributed by atoms with Crippen molar-refractivity contribution < 1.29 is 0 Å². The van der Waals surface area contributed by atoms with E-state index < -0.39 is 0 Å².